The molecule has 12 nitrogen and oxygen atoms in total. The molecule has 2 N–H and O–H groups in total. The lowest BCUT2D eigenvalue weighted by atomic mass is 10.1. The lowest BCUT2D eigenvalue weighted by Crippen LogP contribution is -2.26. The number of nitro groups is 2. The van der Waals surface area contributed by atoms with Gasteiger partial charge in [-0.3, -0.25) is 29.8 Å². The first kappa shape index (κ1) is 16.8. The van der Waals surface area contributed by atoms with Gasteiger partial charge < -0.3 is 15.4 Å². The van der Waals surface area contributed by atoms with Gasteiger partial charge in [0.1, 0.15) is 5.82 Å². The van der Waals surface area contributed by atoms with Crippen molar-refractivity contribution < 1.29 is 24.2 Å². The number of rotatable bonds is 4. The number of nitrogens with zero attached hydrogens (tertiary/aromatic N) is 3. The molecule has 26 heavy (non-hydrogen) atoms. The molecular weight excluding hydrogens is 350 g/mol. The van der Waals surface area contributed by atoms with Crippen LogP contribution in [0.2, 0.25) is 0 Å². The van der Waals surface area contributed by atoms with Gasteiger partial charge in [-0.25, -0.2) is 4.98 Å². The molecule has 12 heteroatoms. The van der Waals surface area contributed by atoms with E-state index in [2.05, 4.69) is 15.6 Å². The molecule has 2 heterocycles. The Labute approximate surface area is 144 Å². The molecule has 0 aliphatic carbocycles. The monoisotopic (exact) mass is 359 g/mol. The predicted molar refractivity (Wildman–Crippen MR) is 86.1 cm³/mol. The third-order valence-electron chi connectivity index (χ3n) is 3.30. The molecule has 132 valence electrons. The van der Waals surface area contributed by atoms with E-state index in [9.17, 15) is 29.8 Å². The smallest absolute Gasteiger partial charge is 0.277 e. The van der Waals surface area contributed by atoms with Gasteiger partial charge in [-0.2, -0.15) is 0 Å². The zero-order valence-corrected chi connectivity index (χ0v) is 12.8. The van der Waals surface area contributed by atoms with Gasteiger partial charge in [0, 0.05) is 12.1 Å². The van der Waals surface area contributed by atoms with E-state index in [4.69, 9.17) is 4.74 Å². The second-order valence-electron chi connectivity index (χ2n) is 5.09. The molecule has 0 radical (unpaired) electrons. The first-order chi connectivity index (χ1) is 12.3. The Hall–Kier alpha value is -4.09. The Morgan fingerprint density at radius 1 is 1.15 bits per heavy atom. The summed E-state index contributed by atoms with van der Waals surface area (Å²) < 4.78 is 5.13. The Balaban J connectivity index is 1.88. The van der Waals surface area contributed by atoms with E-state index in [1.807, 2.05) is 0 Å². The fraction of sp³-hybridized carbons (Fsp3) is 0.0714. The van der Waals surface area contributed by atoms with Crippen molar-refractivity contribution >= 4 is 34.8 Å². The summed E-state index contributed by atoms with van der Waals surface area (Å²) in [6.07, 6.45) is 0. The molecule has 0 atom stereocenters. The number of amides is 2. The minimum Gasteiger partial charge on any atom is -0.480 e. The van der Waals surface area contributed by atoms with E-state index in [1.165, 1.54) is 12.1 Å². The molecule has 0 unspecified atom stereocenters. The molecule has 2 amide bonds. The molecule has 1 aromatic heterocycles. The number of nitro benzene ring substituents is 2. The molecule has 1 aliphatic heterocycles. The summed E-state index contributed by atoms with van der Waals surface area (Å²) in [7, 11) is 0. The Kier molecular flexibility index (Phi) is 4.14. The number of aromatic nitrogens is 1. The van der Waals surface area contributed by atoms with Crippen LogP contribution in [0.5, 0.6) is 5.75 Å². The van der Waals surface area contributed by atoms with Gasteiger partial charge in [-0.05, 0) is 12.1 Å². The van der Waals surface area contributed by atoms with Crippen molar-refractivity contribution in [1.82, 2.24) is 4.98 Å². The average molecular weight is 359 g/mol. The molecule has 0 saturated carbocycles. The number of anilines is 2. The van der Waals surface area contributed by atoms with Gasteiger partial charge in [0.2, 0.25) is 0 Å². The third kappa shape index (κ3) is 3.38. The van der Waals surface area contributed by atoms with Crippen molar-refractivity contribution in [3.63, 3.8) is 0 Å². The molecule has 0 spiro atoms. The Bertz CT molecular complexity index is 926. The quantitative estimate of drug-likeness (QED) is 0.611. The van der Waals surface area contributed by atoms with Crippen LogP contribution in [0, 0.1) is 20.2 Å². The summed E-state index contributed by atoms with van der Waals surface area (Å²) in [6.45, 7) is -0.155. The van der Waals surface area contributed by atoms with E-state index >= 15 is 0 Å². The van der Waals surface area contributed by atoms with Crippen LogP contribution in [0.3, 0.4) is 0 Å². The van der Waals surface area contributed by atoms with Crippen LogP contribution in [-0.4, -0.2) is 33.3 Å². The lowest BCUT2D eigenvalue weighted by molar-refractivity contribution is -0.394. The molecule has 3 rings (SSSR count). The topological polar surface area (TPSA) is 167 Å². The van der Waals surface area contributed by atoms with Crippen molar-refractivity contribution in [3.8, 4) is 5.75 Å². The van der Waals surface area contributed by atoms with Crippen LogP contribution >= 0.6 is 0 Å². The first-order valence-corrected chi connectivity index (χ1v) is 7.02. The van der Waals surface area contributed by atoms with Gasteiger partial charge in [-0.15, -0.1) is 0 Å². The van der Waals surface area contributed by atoms with E-state index in [-0.39, 0.29) is 23.8 Å². The van der Waals surface area contributed by atoms with Crippen LogP contribution < -0.4 is 15.4 Å². The second-order valence-corrected chi connectivity index (χ2v) is 5.09. The SMILES string of the molecule is O=C1COc2ccc(NC(=O)c3cc([N+](=O)[O-])cc([N+](=O)[O-])c3)nc2N1. The Morgan fingerprint density at radius 2 is 1.81 bits per heavy atom. The normalized spacial score (nSPS) is 12.4. The summed E-state index contributed by atoms with van der Waals surface area (Å²) in [5.41, 5.74) is -1.47. The highest BCUT2D eigenvalue weighted by Gasteiger charge is 2.21. The maximum atomic E-state index is 12.3. The van der Waals surface area contributed by atoms with Crippen molar-refractivity contribution in [1.29, 1.82) is 0 Å². The fourth-order valence-corrected chi connectivity index (χ4v) is 2.16. The van der Waals surface area contributed by atoms with Crippen molar-refractivity contribution in [2.45, 2.75) is 0 Å². The van der Waals surface area contributed by atoms with E-state index in [1.54, 1.807) is 0 Å². The summed E-state index contributed by atoms with van der Waals surface area (Å²) in [6, 6.07) is 5.42. The summed E-state index contributed by atoms with van der Waals surface area (Å²) in [4.78, 5) is 47.7. The summed E-state index contributed by atoms with van der Waals surface area (Å²) >= 11 is 0. The molecule has 0 fully saturated rings. The molecule has 2 aromatic rings. The molecule has 1 aliphatic rings. The largest absolute Gasteiger partial charge is 0.480 e. The van der Waals surface area contributed by atoms with Crippen molar-refractivity contribution in [3.05, 3.63) is 56.1 Å². The van der Waals surface area contributed by atoms with Crippen LogP contribution in [0.25, 0.3) is 0 Å². The summed E-state index contributed by atoms with van der Waals surface area (Å²) in [5.74, 6) is -0.818. The van der Waals surface area contributed by atoms with Gasteiger partial charge in [0.25, 0.3) is 23.2 Å². The molecule has 1 aromatic carbocycles. The van der Waals surface area contributed by atoms with Crippen molar-refractivity contribution in [2.24, 2.45) is 0 Å². The third-order valence-corrected chi connectivity index (χ3v) is 3.30. The van der Waals surface area contributed by atoms with E-state index in [0.29, 0.717) is 5.75 Å². The number of fused-ring (bicyclic) bond motifs is 1. The van der Waals surface area contributed by atoms with Crippen LogP contribution in [0.4, 0.5) is 23.0 Å². The minimum atomic E-state index is -0.840. The maximum Gasteiger partial charge on any atom is 0.277 e. The number of ether oxygens (including phenoxy) is 1. The maximum absolute atomic E-state index is 12.3. The molecular formula is C14H9N5O7. The highest BCUT2D eigenvalue weighted by atomic mass is 16.6. The number of nitrogens with one attached hydrogen (secondary N) is 2. The number of non-ortho nitro benzene ring substituents is 2. The first-order valence-electron chi connectivity index (χ1n) is 7.02. The van der Waals surface area contributed by atoms with Gasteiger partial charge in [-0.1, -0.05) is 0 Å². The fourth-order valence-electron chi connectivity index (χ4n) is 2.16. The number of carbonyl (C=O) groups is 2. The highest BCUT2D eigenvalue weighted by molar-refractivity contribution is 6.05. The standard InChI is InChI=1S/C14H9N5O7/c20-12-6-26-10-1-2-11(15-13(10)17-12)16-14(21)7-3-8(18(22)23)5-9(4-7)19(24)25/h1-5H,6H2,(H2,15,16,17,20,21). The van der Waals surface area contributed by atoms with Gasteiger partial charge in [0.05, 0.1) is 21.5 Å². The minimum absolute atomic E-state index is 0.0220. The van der Waals surface area contributed by atoms with E-state index < -0.39 is 33.0 Å². The number of hydrogen-bond acceptors (Lipinski definition) is 8. The van der Waals surface area contributed by atoms with Crippen LogP contribution in [0.1, 0.15) is 10.4 Å². The molecule has 0 saturated heterocycles. The van der Waals surface area contributed by atoms with E-state index in [0.717, 1.165) is 18.2 Å². The number of pyridine rings is 1. The average Bonchev–Trinajstić information content (AvgIpc) is 2.60. The zero-order chi connectivity index (χ0) is 18.8. The lowest BCUT2D eigenvalue weighted by Gasteiger charge is -2.17. The Morgan fingerprint density at radius 3 is 2.42 bits per heavy atom. The van der Waals surface area contributed by atoms with Crippen LogP contribution in [-0.2, 0) is 4.79 Å². The van der Waals surface area contributed by atoms with Gasteiger partial charge in [0.15, 0.2) is 18.2 Å². The number of carbonyl (C=O) groups excluding carboxylic acids is 2. The van der Waals surface area contributed by atoms with Crippen molar-refractivity contribution in [2.75, 3.05) is 17.2 Å². The highest BCUT2D eigenvalue weighted by Crippen LogP contribution is 2.27. The van der Waals surface area contributed by atoms with Gasteiger partial charge >= 0.3 is 0 Å². The molecule has 0 bridgehead atoms. The predicted octanol–water partition coefficient (Wildman–Crippen LogP) is 1.48. The van der Waals surface area contributed by atoms with Crippen LogP contribution in [0.15, 0.2) is 30.3 Å². The second kappa shape index (κ2) is 6.43. The summed E-state index contributed by atoms with van der Waals surface area (Å²) in [5, 5.41) is 26.6. The zero-order valence-electron chi connectivity index (χ0n) is 12.8. The number of hydrogen-bond donors (Lipinski definition) is 2. The number of benzene rings is 1.